The molecule has 0 aliphatic carbocycles. The molecule has 0 atom stereocenters. The first-order valence-corrected chi connectivity index (χ1v) is 2.31. The van der Waals surface area contributed by atoms with E-state index in [4.69, 9.17) is 20.9 Å². The first-order chi connectivity index (χ1) is 3.80. The van der Waals surface area contributed by atoms with Crippen molar-refractivity contribution in [1.29, 1.82) is 0 Å². The lowest BCUT2D eigenvalue weighted by Gasteiger charge is -2.15. The third-order valence-electron chi connectivity index (χ3n) is 0.841. The van der Waals surface area contributed by atoms with Gasteiger partial charge in [0.1, 0.15) is 13.2 Å². The topological polar surface area (TPSA) is 70.5 Å². The van der Waals surface area contributed by atoms with E-state index in [0.717, 1.165) is 0 Å². The molecule has 0 bridgehead atoms. The van der Waals surface area contributed by atoms with Crippen molar-refractivity contribution in [3.05, 3.63) is 11.8 Å². The van der Waals surface area contributed by atoms with Crippen molar-refractivity contribution < 1.29 is 9.47 Å². The summed E-state index contributed by atoms with van der Waals surface area (Å²) in [7, 11) is 0. The van der Waals surface area contributed by atoms with Gasteiger partial charge in [0.2, 0.25) is 11.8 Å². The molecule has 0 aromatic rings. The highest BCUT2D eigenvalue weighted by Crippen LogP contribution is 2.00. The minimum atomic E-state index is 0.191. The predicted molar refractivity (Wildman–Crippen MR) is 27.3 cm³/mol. The van der Waals surface area contributed by atoms with Crippen molar-refractivity contribution in [2.45, 2.75) is 0 Å². The molecule has 0 unspecified atom stereocenters. The van der Waals surface area contributed by atoms with Gasteiger partial charge < -0.3 is 20.9 Å². The van der Waals surface area contributed by atoms with Crippen LogP contribution in [0.4, 0.5) is 0 Å². The van der Waals surface area contributed by atoms with Crippen molar-refractivity contribution in [2.75, 3.05) is 13.2 Å². The number of hydrogen-bond donors (Lipinski definition) is 2. The van der Waals surface area contributed by atoms with Crippen molar-refractivity contribution >= 4 is 0 Å². The first kappa shape index (κ1) is 5.08. The zero-order valence-electron chi connectivity index (χ0n) is 4.39. The van der Waals surface area contributed by atoms with Crippen LogP contribution >= 0.6 is 0 Å². The minimum absolute atomic E-state index is 0.191. The molecule has 0 amide bonds. The summed E-state index contributed by atoms with van der Waals surface area (Å²) in [4.78, 5) is 0. The highest BCUT2D eigenvalue weighted by molar-refractivity contribution is 4.93. The molecule has 4 N–H and O–H groups in total. The van der Waals surface area contributed by atoms with Gasteiger partial charge in [-0.15, -0.1) is 0 Å². The number of ether oxygens (including phenoxy) is 2. The van der Waals surface area contributed by atoms with E-state index < -0.39 is 0 Å². The SMILES string of the molecule is NC1=C(N)OCCO1. The monoisotopic (exact) mass is 116 g/mol. The second kappa shape index (κ2) is 1.81. The summed E-state index contributed by atoms with van der Waals surface area (Å²) in [6.45, 7) is 0.985. The zero-order valence-corrected chi connectivity index (χ0v) is 4.39. The van der Waals surface area contributed by atoms with E-state index in [-0.39, 0.29) is 11.8 Å². The molecule has 1 heterocycles. The number of rotatable bonds is 0. The van der Waals surface area contributed by atoms with Gasteiger partial charge in [0.05, 0.1) is 0 Å². The summed E-state index contributed by atoms with van der Waals surface area (Å²) >= 11 is 0. The van der Waals surface area contributed by atoms with Gasteiger partial charge in [-0.2, -0.15) is 0 Å². The van der Waals surface area contributed by atoms with Crippen LogP contribution in [-0.2, 0) is 9.47 Å². The molecule has 0 radical (unpaired) electrons. The van der Waals surface area contributed by atoms with E-state index in [1.54, 1.807) is 0 Å². The van der Waals surface area contributed by atoms with Gasteiger partial charge in [-0.25, -0.2) is 0 Å². The average Bonchev–Trinajstić information content (AvgIpc) is 1.77. The van der Waals surface area contributed by atoms with Crippen LogP contribution in [0.3, 0.4) is 0 Å². The second-order valence-corrected chi connectivity index (χ2v) is 1.43. The van der Waals surface area contributed by atoms with Gasteiger partial charge in [-0.1, -0.05) is 0 Å². The molecule has 0 fully saturated rings. The van der Waals surface area contributed by atoms with E-state index in [2.05, 4.69) is 0 Å². The standard InChI is InChI=1S/C4H8N2O2/c5-3-4(6)8-2-1-7-3/h1-2,5-6H2. The van der Waals surface area contributed by atoms with Crippen LogP contribution in [0.1, 0.15) is 0 Å². The summed E-state index contributed by atoms with van der Waals surface area (Å²) in [5, 5.41) is 0. The molecule has 0 aromatic carbocycles. The van der Waals surface area contributed by atoms with Gasteiger partial charge in [-0.3, -0.25) is 0 Å². The maximum Gasteiger partial charge on any atom is 0.246 e. The molecule has 1 aliphatic rings. The van der Waals surface area contributed by atoms with E-state index >= 15 is 0 Å². The van der Waals surface area contributed by atoms with Crippen molar-refractivity contribution in [3.8, 4) is 0 Å². The van der Waals surface area contributed by atoms with Gasteiger partial charge in [0.25, 0.3) is 0 Å². The van der Waals surface area contributed by atoms with Crippen LogP contribution in [0.15, 0.2) is 11.8 Å². The number of nitrogens with two attached hydrogens (primary N) is 2. The maximum atomic E-state index is 5.19. The molecule has 1 rings (SSSR count). The van der Waals surface area contributed by atoms with Gasteiger partial charge in [-0.05, 0) is 0 Å². The Balaban J connectivity index is 2.60. The van der Waals surface area contributed by atoms with Gasteiger partial charge in [0, 0.05) is 0 Å². The Morgan fingerprint density at radius 2 is 1.38 bits per heavy atom. The molecule has 0 saturated heterocycles. The Bertz CT molecular complexity index is 107. The molecule has 8 heavy (non-hydrogen) atoms. The zero-order chi connectivity index (χ0) is 5.98. The van der Waals surface area contributed by atoms with Crippen LogP contribution in [0, 0.1) is 0 Å². The van der Waals surface area contributed by atoms with E-state index in [9.17, 15) is 0 Å². The summed E-state index contributed by atoms with van der Waals surface area (Å²) in [6, 6.07) is 0. The minimum Gasteiger partial charge on any atom is -0.472 e. The number of hydrogen-bond acceptors (Lipinski definition) is 4. The highest BCUT2D eigenvalue weighted by Gasteiger charge is 2.06. The van der Waals surface area contributed by atoms with Crippen LogP contribution in [0.5, 0.6) is 0 Å². The smallest absolute Gasteiger partial charge is 0.246 e. The molecular formula is C4H8N2O2. The Morgan fingerprint density at radius 3 is 1.62 bits per heavy atom. The first-order valence-electron chi connectivity index (χ1n) is 2.31. The highest BCUT2D eigenvalue weighted by atomic mass is 16.6. The summed E-state index contributed by atoms with van der Waals surface area (Å²) in [6.07, 6.45) is 0. The molecule has 0 spiro atoms. The lowest BCUT2D eigenvalue weighted by atomic mass is 10.6. The Morgan fingerprint density at radius 1 is 1.00 bits per heavy atom. The molecule has 0 saturated carbocycles. The lowest BCUT2D eigenvalue weighted by Crippen LogP contribution is -2.23. The van der Waals surface area contributed by atoms with E-state index in [0.29, 0.717) is 13.2 Å². The van der Waals surface area contributed by atoms with Crippen molar-refractivity contribution in [1.82, 2.24) is 0 Å². The molecule has 0 aromatic heterocycles. The fraction of sp³-hybridized carbons (Fsp3) is 0.500. The quantitative estimate of drug-likeness (QED) is 0.429. The molecule has 4 heteroatoms. The van der Waals surface area contributed by atoms with Crippen LogP contribution < -0.4 is 11.5 Å². The third kappa shape index (κ3) is 0.776. The normalized spacial score (nSPS) is 19.5. The van der Waals surface area contributed by atoms with Crippen LogP contribution in [0.2, 0.25) is 0 Å². The maximum absolute atomic E-state index is 5.19. The summed E-state index contributed by atoms with van der Waals surface area (Å²) in [5.41, 5.74) is 10.4. The van der Waals surface area contributed by atoms with Crippen LogP contribution in [-0.4, -0.2) is 13.2 Å². The van der Waals surface area contributed by atoms with E-state index in [1.807, 2.05) is 0 Å². The Hall–Kier alpha value is -1.06. The Labute approximate surface area is 47.0 Å². The molecular weight excluding hydrogens is 108 g/mol. The summed E-state index contributed by atoms with van der Waals surface area (Å²) < 4.78 is 9.59. The molecule has 1 aliphatic heterocycles. The summed E-state index contributed by atoms with van der Waals surface area (Å²) in [5.74, 6) is 0.382. The third-order valence-corrected chi connectivity index (χ3v) is 0.841. The van der Waals surface area contributed by atoms with E-state index in [1.165, 1.54) is 0 Å². The average molecular weight is 116 g/mol. The van der Waals surface area contributed by atoms with Crippen molar-refractivity contribution in [3.63, 3.8) is 0 Å². The Kier molecular flexibility index (Phi) is 1.15. The molecule has 4 nitrogen and oxygen atoms in total. The van der Waals surface area contributed by atoms with Gasteiger partial charge in [0.15, 0.2) is 0 Å². The fourth-order valence-corrected chi connectivity index (χ4v) is 0.446. The lowest BCUT2D eigenvalue weighted by molar-refractivity contribution is 0.0595. The second-order valence-electron chi connectivity index (χ2n) is 1.43. The predicted octanol–water partition coefficient (Wildman–Crippen LogP) is -0.923. The fourth-order valence-electron chi connectivity index (χ4n) is 0.446. The largest absolute Gasteiger partial charge is 0.472 e. The van der Waals surface area contributed by atoms with Crippen molar-refractivity contribution in [2.24, 2.45) is 11.5 Å². The molecule has 46 valence electrons. The van der Waals surface area contributed by atoms with Crippen LogP contribution in [0.25, 0.3) is 0 Å². The van der Waals surface area contributed by atoms with Gasteiger partial charge >= 0.3 is 0 Å².